The molecule has 0 saturated carbocycles. The third kappa shape index (κ3) is 8.22. The summed E-state index contributed by atoms with van der Waals surface area (Å²) in [7, 11) is 0. The molecule has 3 atom stereocenters. The van der Waals surface area contributed by atoms with Crippen molar-refractivity contribution in [3.8, 4) is 11.5 Å². The van der Waals surface area contributed by atoms with E-state index in [0.717, 1.165) is 53.9 Å². The summed E-state index contributed by atoms with van der Waals surface area (Å²) in [5, 5.41) is 9.82. The molecule has 0 radical (unpaired) electrons. The fraction of sp³-hybridized carbons (Fsp3) is 0.778. The Morgan fingerprint density at radius 3 is 2.14 bits per heavy atom. The van der Waals surface area contributed by atoms with E-state index in [1.165, 1.54) is 51.4 Å². The Hall–Kier alpha value is -1.18. The Bertz CT molecular complexity index is 621. The van der Waals surface area contributed by atoms with E-state index < -0.39 is 0 Å². The predicted octanol–water partition coefficient (Wildman–Crippen LogP) is 8.22. The van der Waals surface area contributed by atoms with Crippen molar-refractivity contribution in [2.45, 2.75) is 118 Å². The van der Waals surface area contributed by atoms with Gasteiger partial charge in [0.25, 0.3) is 0 Å². The minimum atomic E-state index is -0.0562. The summed E-state index contributed by atoms with van der Waals surface area (Å²) in [5.41, 5.74) is 2.16. The average molecular weight is 403 g/mol. The maximum atomic E-state index is 9.82. The minimum absolute atomic E-state index is 0.0562. The molecule has 1 heterocycles. The molecule has 0 bridgehead atoms. The van der Waals surface area contributed by atoms with E-state index in [1.54, 1.807) is 0 Å². The van der Waals surface area contributed by atoms with Crippen LogP contribution < -0.4 is 4.74 Å². The van der Waals surface area contributed by atoms with Crippen LogP contribution in [-0.2, 0) is 6.42 Å². The predicted molar refractivity (Wildman–Crippen MR) is 125 cm³/mol. The van der Waals surface area contributed by atoms with Crippen LogP contribution >= 0.6 is 0 Å². The zero-order valence-electron chi connectivity index (χ0n) is 20.0. The van der Waals surface area contributed by atoms with Crippen molar-refractivity contribution in [1.29, 1.82) is 0 Å². The minimum Gasteiger partial charge on any atom is -0.508 e. The van der Waals surface area contributed by atoms with Gasteiger partial charge in [-0.3, -0.25) is 0 Å². The van der Waals surface area contributed by atoms with E-state index in [-0.39, 0.29) is 5.60 Å². The van der Waals surface area contributed by atoms with Gasteiger partial charge in [-0.2, -0.15) is 0 Å². The van der Waals surface area contributed by atoms with Crippen LogP contribution in [0.1, 0.15) is 110 Å². The summed E-state index contributed by atoms with van der Waals surface area (Å²) in [5.74, 6) is 3.92. The highest BCUT2D eigenvalue weighted by Gasteiger charge is 2.32. The molecule has 1 aliphatic heterocycles. The molecule has 0 unspecified atom stereocenters. The molecular weight excluding hydrogens is 356 g/mol. The molecule has 1 aromatic carbocycles. The van der Waals surface area contributed by atoms with Crippen LogP contribution in [0.25, 0.3) is 0 Å². The Morgan fingerprint density at radius 1 is 0.931 bits per heavy atom. The summed E-state index contributed by atoms with van der Waals surface area (Å²) < 4.78 is 6.44. The lowest BCUT2D eigenvalue weighted by Crippen LogP contribution is -2.36. The lowest BCUT2D eigenvalue weighted by molar-refractivity contribution is 0.0515. The van der Waals surface area contributed by atoms with Gasteiger partial charge in [0.15, 0.2) is 0 Å². The lowest BCUT2D eigenvalue weighted by Gasteiger charge is -2.37. The molecule has 1 aromatic rings. The molecule has 29 heavy (non-hydrogen) atoms. The standard InChI is InChI=1S/C27H46O2/c1-20(2)10-7-11-21(3)12-8-13-22(4)14-9-16-27(6)17-15-24-19-25(28)18-23(5)26(24)29-27/h18-22,28H,7-17H2,1-6H3/t21-,22-,27+/m0/s1. The van der Waals surface area contributed by atoms with Gasteiger partial charge in [0.1, 0.15) is 17.1 Å². The number of benzene rings is 1. The van der Waals surface area contributed by atoms with E-state index in [2.05, 4.69) is 34.6 Å². The highest BCUT2D eigenvalue weighted by atomic mass is 16.5. The molecule has 2 nitrogen and oxygen atoms in total. The van der Waals surface area contributed by atoms with Crippen LogP contribution in [0.3, 0.4) is 0 Å². The summed E-state index contributed by atoms with van der Waals surface area (Å²) in [6, 6.07) is 3.68. The van der Waals surface area contributed by atoms with Gasteiger partial charge in [0, 0.05) is 0 Å². The summed E-state index contributed by atoms with van der Waals surface area (Å²) >= 11 is 0. The first-order chi connectivity index (χ1) is 13.7. The lowest BCUT2D eigenvalue weighted by atomic mass is 9.85. The van der Waals surface area contributed by atoms with Crippen molar-refractivity contribution in [1.82, 2.24) is 0 Å². The molecule has 0 amide bonds. The molecule has 0 aromatic heterocycles. The third-order valence-electron chi connectivity index (χ3n) is 6.88. The normalized spacial score (nSPS) is 20.9. The van der Waals surface area contributed by atoms with Gasteiger partial charge in [-0.05, 0) is 80.5 Å². The Kier molecular flexibility index (Phi) is 9.37. The fourth-order valence-electron chi connectivity index (χ4n) is 4.83. The van der Waals surface area contributed by atoms with Crippen molar-refractivity contribution in [3.63, 3.8) is 0 Å². The van der Waals surface area contributed by atoms with Gasteiger partial charge < -0.3 is 9.84 Å². The zero-order chi connectivity index (χ0) is 21.4. The monoisotopic (exact) mass is 402 g/mol. The number of ether oxygens (including phenoxy) is 1. The summed E-state index contributed by atoms with van der Waals surface area (Å²) in [6.07, 6.45) is 14.1. The number of phenolic OH excluding ortho intramolecular Hbond substituents is 1. The second-order valence-corrected chi connectivity index (χ2v) is 10.7. The number of aromatic hydroxyl groups is 1. The highest BCUT2D eigenvalue weighted by Crippen LogP contribution is 2.40. The quantitative estimate of drug-likeness (QED) is 0.381. The first-order valence-electron chi connectivity index (χ1n) is 12.2. The Morgan fingerprint density at radius 2 is 1.52 bits per heavy atom. The molecule has 1 aliphatic rings. The van der Waals surface area contributed by atoms with Crippen LogP contribution in [0.4, 0.5) is 0 Å². The molecule has 2 rings (SSSR count). The smallest absolute Gasteiger partial charge is 0.126 e. The van der Waals surface area contributed by atoms with Gasteiger partial charge in [0.05, 0.1) is 0 Å². The van der Waals surface area contributed by atoms with E-state index >= 15 is 0 Å². The maximum absolute atomic E-state index is 9.82. The number of hydrogen-bond donors (Lipinski definition) is 1. The van der Waals surface area contributed by atoms with Gasteiger partial charge in [0.2, 0.25) is 0 Å². The van der Waals surface area contributed by atoms with Crippen LogP contribution in [-0.4, -0.2) is 10.7 Å². The Balaban J connectivity index is 1.65. The van der Waals surface area contributed by atoms with E-state index in [1.807, 2.05) is 19.1 Å². The first kappa shape index (κ1) is 24.1. The van der Waals surface area contributed by atoms with Gasteiger partial charge in [-0.25, -0.2) is 0 Å². The van der Waals surface area contributed by atoms with Crippen LogP contribution in [0.2, 0.25) is 0 Å². The second-order valence-electron chi connectivity index (χ2n) is 10.7. The number of fused-ring (bicyclic) bond motifs is 1. The largest absolute Gasteiger partial charge is 0.508 e. The Labute approximate surface area is 180 Å². The fourth-order valence-corrected chi connectivity index (χ4v) is 4.83. The molecule has 0 fully saturated rings. The molecule has 1 N–H and O–H groups in total. The molecule has 166 valence electrons. The van der Waals surface area contributed by atoms with Gasteiger partial charge >= 0.3 is 0 Å². The first-order valence-corrected chi connectivity index (χ1v) is 12.2. The van der Waals surface area contributed by atoms with Crippen molar-refractivity contribution >= 4 is 0 Å². The number of phenols is 1. The van der Waals surface area contributed by atoms with Crippen molar-refractivity contribution in [3.05, 3.63) is 23.3 Å². The SMILES string of the molecule is Cc1cc(O)cc2c1O[C@](C)(CCC[C@@H](C)CCC[C@@H](C)CCCC(C)C)CC2. The van der Waals surface area contributed by atoms with E-state index in [9.17, 15) is 5.11 Å². The zero-order valence-corrected chi connectivity index (χ0v) is 20.0. The number of hydrogen-bond acceptors (Lipinski definition) is 2. The number of rotatable bonds is 12. The summed E-state index contributed by atoms with van der Waals surface area (Å²) in [6.45, 7) is 13.8. The molecular formula is C27H46O2. The maximum Gasteiger partial charge on any atom is 0.126 e. The molecule has 2 heteroatoms. The average Bonchev–Trinajstić information content (AvgIpc) is 2.62. The van der Waals surface area contributed by atoms with Crippen LogP contribution in [0.15, 0.2) is 12.1 Å². The topological polar surface area (TPSA) is 29.5 Å². The van der Waals surface area contributed by atoms with Crippen molar-refractivity contribution in [2.24, 2.45) is 17.8 Å². The van der Waals surface area contributed by atoms with Crippen molar-refractivity contribution < 1.29 is 9.84 Å². The van der Waals surface area contributed by atoms with E-state index in [4.69, 9.17) is 4.74 Å². The van der Waals surface area contributed by atoms with Gasteiger partial charge in [-0.15, -0.1) is 0 Å². The second kappa shape index (κ2) is 11.3. The van der Waals surface area contributed by atoms with Crippen molar-refractivity contribution in [2.75, 3.05) is 0 Å². The number of aryl methyl sites for hydroxylation is 2. The molecule has 0 aliphatic carbocycles. The van der Waals surface area contributed by atoms with Crippen LogP contribution in [0.5, 0.6) is 11.5 Å². The third-order valence-corrected chi connectivity index (χ3v) is 6.88. The molecule has 0 saturated heterocycles. The molecule has 0 spiro atoms. The van der Waals surface area contributed by atoms with Crippen LogP contribution in [0, 0.1) is 24.7 Å². The van der Waals surface area contributed by atoms with E-state index in [0.29, 0.717) is 5.75 Å². The highest BCUT2D eigenvalue weighted by molar-refractivity contribution is 5.47. The summed E-state index contributed by atoms with van der Waals surface area (Å²) in [4.78, 5) is 0. The van der Waals surface area contributed by atoms with Gasteiger partial charge in [-0.1, -0.05) is 72.6 Å².